The summed E-state index contributed by atoms with van der Waals surface area (Å²) in [6.07, 6.45) is 0. The van der Waals surface area contributed by atoms with Gasteiger partial charge in [-0.15, -0.1) is 12.4 Å². The molecule has 0 radical (unpaired) electrons. The highest BCUT2D eigenvalue weighted by Gasteiger charge is 2.35. The van der Waals surface area contributed by atoms with E-state index in [1.165, 1.54) is 26.2 Å². The Bertz CT molecular complexity index is 401. The molecule has 5 heteroatoms. The molecule has 2 heterocycles. The minimum atomic E-state index is 0. The molecule has 0 aromatic heterocycles. The van der Waals surface area contributed by atoms with Crippen LogP contribution in [-0.4, -0.2) is 51.3 Å². The molecule has 2 aliphatic heterocycles. The lowest BCUT2D eigenvalue weighted by Crippen LogP contribution is -2.29. The first kappa shape index (κ1) is 15.4. The molecule has 2 fully saturated rings. The average Bonchev–Trinajstić information content (AvgIpc) is 3.00. The molecule has 2 atom stereocenters. The van der Waals surface area contributed by atoms with Crippen LogP contribution >= 0.6 is 12.4 Å². The first-order valence-corrected chi connectivity index (χ1v) is 7.05. The van der Waals surface area contributed by atoms with Gasteiger partial charge in [0.05, 0.1) is 7.11 Å². The van der Waals surface area contributed by atoms with E-state index in [2.05, 4.69) is 10.2 Å². The van der Waals surface area contributed by atoms with Gasteiger partial charge in [-0.05, 0) is 49.2 Å². The molecule has 2 aliphatic rings. The predicted molar refractivity (Wildman–Crippen MR) is 82.0 cm³/mol. The monoisotopic (exact) mass is 298 g/mol. The Morgan fingerprint density at radius 3 is 2.30 bits per heavy atom. The zero-order valence-electron chi connectivity index (χ0n) is 11.9. The van der Waals surface area contributed by atoms with Crippen LogP contribution in [0.15, 0.2) is 24.3 Å². The molecule has 4 nitrogen and oxygen atoms in total. The van der Waals surface area contributed by atoms with Crippen LogP contribution < -0.4 is 14.8 Å². The maximum absolute atomic E-state index is 5.78. The zero-order valence-corrected chi connectivity index (χ0v) is 12.7. The third-order valence-corrected chi connectivity index (χ3v) is 4.20. The van der Waals surface area contributed by atoms with Crippen molar-refractivity contribution in [1.29, 1.82) is 0 Å². The van der Waals surface area contributed by atoms with Gasteiger partial charge in [0.25, 0.3) is 0 Å². The average molecular weight is 299 g/mol. The molecule has 20 heavy (non-hydrogen) atoms. The number of fused-ring (bicyclic) bond motifs is 1. The molecule has 0 aliphatic carbocycles. The highest BCUT2D eigenvalue weighted by Crippen LogP contribution is 2.25. The molecule has 0 unspecified atom stereocenters. The first-order valence-electron chi connectivity index (χ1n) is 7.05. The fourth-order valence-corrected chi connectivity index (χ4v) is 3.10. The van der Waals surface area contributed by atoms with Crippen LogP contribution in [0.3, 0.4) is 0 Å². The number of likely N-dealkylation sites (tertiary alicyclic amines) is 1. The van der Waals surface area contributed by atoms with Crippen molar-refractivity contribution < 1.29 is 9.47 Å². The van der Waals surface area contributed by atoms with Crippen LogP contribution in [0.1, 0.15) is 0 Å². The van der Waals surface area contributed by atoms with E-state index in [1.54, 1.807) is 7.11 Å². The van der Waals surface area contributed by atoms with E-state index >= 15 is 0 Å². The second-order valence-electron chi connectivity index (χ2n) is 5.46. The molecule has 112 valence electrons. The number of benzene rings is 1. The minimum Gasteiger partial charge on any atom is -0.497 e. The molecule has 0 bridgehead atoms. The lowest BCUT2D eigenvalue weighted by molar-refractivity contribution is 0.228. The summed E-state index contributed by atoms with van der Waals surface area (Å²) in [5.74, 6) is 3.51. The zero-order chi connectivity index (χ0) is 13.1. The summed E-state index contributed by atoms with van der Waals surface area (Å²) in [6.45, 7) is 6.63. The van der Waals surface area contributed by atoms with Gasteiger partial charge < -0.3 is 14.8 Å². The van der Waals surface area contributed by atoms with E-state index in [9.17, 15) is 0 Å². The summed E-state index contributed by atoms with van der Waals surface area (Å²) in [7, 11) is 1.68. The number of hydrogen-bond acceptors (Lipinski definition) is 4. The van der Waals surface area contributed by atoms with Crippen LogP contribution in [0.2, 0.25) is 0 Å². The van der Waals surface area contributed by atoms with Crippen LogP contribution in [0.25, 0.3) is 0 Å². The first-order chi connectivity index (χ1) is 9.35. The van der Waals surface area contributed by atoms with Crippen molar-refractivity contribution in [1.82, 2.24) is 10.2 Å². The summed E-state index contributed by atoms with van der Waals surface area (Å²) in [4.78, 5) is 2.53. The van der Waals surface area contributed by atoms with Crippen LogP contribution in [0.4, 0.5) is 0 Å². The summed E-state index contributed by atoms with van der Waals surface area (Å²) >= 11 is 0. The second kappa shape index (κ2) is 7.16. The summed E-state index contributed by atoms with van der Waals surface area (Å²) in [5.41, 5.74) is 0. The molecule has 3 rings (SSSR count). The largest absolute Gasteiger partial charge is 0.497 e. The van der Waals surface area contributed by atoms with Gasteiger partial charge >= 0.3 is 0 Å². The van der Waals surface area contributed by atoms with Crippen molar-refractivity contribution in [2.75, 3.05) is 46.4 Å². The van der Waals surface area contributed by atoms with E-state index < -0.39 is 0 Å². The molecular weight excluding hydrogens is 276 g/mol. The molecule has 0 saturated carbocycles. The summed E-state index contributed by atoms with van der Waals surface area (Å²) in [5, 5.41) is 3.47. The number of nitrogens with zero attached hydrogens (tertiary/aromatic N) is 1. The predicted octanol–water partition coefficient (Wildman–Crippen LogP) is 1.65. The fraction of sp³-hybridized carbons (Fsp3) is 0.600. The lowest BCUT2D eigenvalue weighted by atomic mass is 10.0. The second-order valence-corrected chi connectivity index (χ2v) is 5.46. The Labute approximate surface area is 126 Å². The molecule has 0 spiro atoms. The standard InChI is InChI=1S/C15H22N2O2.ClH/c1-18-14-2-4-15(5-3-14)19-7-6-17-10-12-8-16-9-13(12)11-17;/h2-5,12-13,16H,6-11H2,1H3;1H/t12-,13+;. The van der Waals surface area contributed by atoms with E-state index in [-0.39, 0.29) is 12.4 Å². The summed E-state index contributed by atoms with van der Waals surface area (Å²) in [6, 6.07) is 7.78. The van der Waals surface area contributed by atoms with E-state index in [4.69, 9.17) is 9.47 Å². The van der Waals surface area contributed by atoms with Crippen LogP contribution in [-0.2, 0) is 0 Å². The van der Waals surface area contributed by atoms with Gasteiger partial charge in [-0.2, -0.15) is 0 Å². The molecule has 1 aromatic rings. The molecular formula is C15H23ClN2O2. The van der Waals surface area contributed by atoms with Crippen LogP contribution in [0, 0.1) is 11.8 Å². The Morgan fingerprint density at radius 2 is 1.70 bits per heavy atom. The van der Waals surface area contributed by atoms with Gasteiger partial charge in [0.2, 0.25) is 0 Å². The highest BCUT2D eigenvalue weighted by molar-refractivity contribution is 5.85. The van der Waals surface area contributed by atoms with Gasteiger partial charge in [0.15, 0.2) is 0 Å². The van der Waals surface area contributed by atoms with Gasteiger partial charge in [0, 0.05) is 19.6 Å². The van der Waals surface area contributed by atoms with Crippen molar-refractivity contribution in [3.8, 4) is 11.5 Å². The number of rotatable bonds is 5. The van der Waals surface area contributed by atoms with Crippen molar-refractivity contribution in [3.63, 3.8) is 0 Å². The Hall–Kier alpha value is -0.970. The molecule has 1 aromatic carbocycles. The third kappa shape index (κ3) is 3.57. The molecule has 1 N–H and O–H groups in total. The molecule has 0 amide bonds. The van der Waals surface area contributed by atoms with Crippen molar-refractivity contribution in [3.05, 3.63) is 24.3 Å². The normalized spacial score (nSPS) is 25.1. The van der Waals surface area contributed by atoms with Crippen molar-refractivity contribution >= 4 is 12.4 Å². The van der Waals surface area contributed by atoms with Gasteiger partial charge in [-0.3, -0.25) is 4.90 Å². The number of methoxy groups -OCH3 is 1. The third-order valence-electron chi connectivity index (χ3n) is 4.20. The maximum Gasteiger partial charge on any atom is 0.119 e. The lowest BCUT2D eigenvalue weighted by Gasteiger charge is -2.17. The Balaban J connectivity index is 0.00000147. The topological polar surface area (TPSA) is 33.7 Å². The highest BCUT2D eigenvalue weighted by atomic mass is 35.5. The fourth-order valence-electron chi connectivity index (χ4n) is 3.10. The van der Waals surface area contributed by atoms with Gasteiger partial charge in [0.1, 0.15) is 18.1 Å². The number of ether oxygens (including phenoxy) is 2. The maximum atomic E-state index is 5.78. The SMILES string of the molecule is COc1ccc(OCCN2C[C@H]3CNC[C@H]3C2)cc1.Cl. The van der Waals surface area contributed by atoms with Gasteiger partial charge in [-0.25, -0.2) is 0 Å². The van der Waals surface area contributed by atoms with Gasteiger partial charge in [-0.1, -0.05) is 0 Å². The summed E-state index contributed by atoms with van der Waals surface area (Å²) < 4.78 is 10.9. The Kier molecular flexibility index (Phi) is 5.52. The molecule has 2 saturated heterocycles. The number of halogens is 1. The Morgan fingerprint density at radius 1 is 1.10 bits per heavy atom. The minimum absolute atomic E-state index is 0. The van der Waals surface area contributed by atoms with Crippen LogP contribution in [0.5, 0.6) is 11.5 Å². The number of hydrogen-bond donors (Lipinski definition) is 1. The smallest absolute Gasteiger partial charge is 0.119 e. The number of nitrogens with one attached hydrogen (secondary N) is 1. The quantitative estimate of drug-likeness (QED) is 0.896. The van der Waals surface area contributed by atoms with E-state index in [1.807, 2.05) is 24.3 Å². The van der Waals surface area contributed by atoms with E-state index in [0.29, 0.717) is 0 Å². The van der Waals surface area contributed by atoms with Crippen molar-refractivity contribution in [2.24, 2.45) is 11.8 Å². The van der Waals surface area contributed by atoms with E-state index in [0.717, 1.165) is 36.5 Å². The van der Waals surface area contributed by atoms with Crippen molar-refractivity contribution in [2.45, 2.75) is 0 Å².